The Balaban J connectivity index is 1.88. The molecule has 2 N–H and O–H groups in total. The Kier molecular flexibility index (Phi) is 4.70. The van der Waals surface area contributed by atoms with Crippen molar-refractivity contribution in [3.8, 4) is 0 Å². The Bertz CT molecular complexity index is 576. The Morgan fingerprint density at radius 2 is 1.95 bits per heavy atom. The molecule has 0 radical (unpaired) electrons. The number of nitrogens with one attached hydrogen (secondary N) is 2. The van der Waals surface area contributed by atoms with Gasteiger partial charge in [0.1, 0.15) is 0 Å². The number of carbonyl (C=O) groups excluding carboxylic acids is 1. The predicted molar refractivity (Wildman–Crippen MR) is 78.3 cm³/mol. The molecule has 19 heavy (non-hydrogen) atoms. The fraction of sp³-hybridized carbons (Fsp3) is 0.0833. The van der Waals surface area contributed by atoms with Gasteiger partial charge in [-0.2, -0.15) is 0 Å². The van der Waals surface area contributed by atoms with Crippen molar-refractivity contribution in [3.63, 3.8) is 0 Å². The van der Waals surface area contributed by atoms with Gasteiger partial charge in [0.2, 0.25) is 11.9 Å². The summed E-state index contributed by atoms with van der Waals surface area (Å²) < 4.78 is 0.825. The van der Waals surface area contributed by atoms with E-state index >= 15 is 0 Å². The molecule has 1 amide bonds. The van der Waals surface area contributed by atoms with E-state index in [0.717, 1.165) is 4.47 Å². The van der Waals surface area contributed by atoms with E-state index in [0.29, 0.717) is 16.7 Å². The van der Waals surface area contributed by atoms with Crippen LogP contribution in [0.25, 0.3) is 0 Å². The summed E-state index contributed by atoms with van der Waals surface area (Å²) in [5.74, 6) is 0.164. The topological polar surface area (TPSA) is 66.9 Å². The molecule has 2 rings (SSSR count). The Morgan fingerprint density at radius 1 is 1.26 bits per heavy atom. The van der Waals surface area contributed by atoms with E-state index in [9.17, 15) is 4.79 Å². The summed E-state index contributed by atoms with van der Waals surface area (Å²) in [6, 6.07) is 7.38. The van der Waals surface area contributed by atoms with Gasteiger partial charge in [-0.05, 0) is 28.1 Å². The molecule has 0 saturated carbocycles. The van der Waals surface area contributed by atoms with Crippen LogP contribution >= 0.6 is 27.5 Å². The Labute approximate surface area is 123 Å². The highest BCUT2D eigenvalue weighted by Gasteiger charge is 2.05. The number of rotatable bonds is 4. The summed E-state index contributed by atoms with van der Waals surface area (Å²) in [5, 5.41) is 6.01. The van der Waals surface area contributed by atoms with Gasteiger partial charge < -0.3 is 10.6 Å². The van der Waals surface area contributed by atoms with Crippen molar-refractivity contribution in [1.29, 1.82) is 0 Å². The maximum atomic E-state index is 11.7. The minimum atomic E-state index is -0.189. The first-order chi connectivity index (χ1) is 9.15. The van der Waals surface area contributed by atoms with E-state index in [4.69, 9.17) is 11.6 Å². The lowest BCUT2D eigenvalue weighted by Gasteiger charge is -2.08. The molecular weight excluding hydrogens is 332 g/mol. The number of carbonyl (C=O) groups is 1. The van der Waals surface area contributed by atoms with Crippen molar-refractivity contribution in [2.45, 2.75) is 0 Å². The second kappa shape index (κ2) is 6.49. The number of nitrogens with zero attached hydrogens (tertiary/aromatic N) is 2. The zero-order chi connectivity index (χ0) is 13.7. The molecule has 0 unspecified atom stereocenters. The maximum absolute atomic E-state index is 11.7. The highest BCUT2D eigenvalue weighted by Crippen LogP contribution is 2.20. The van der Waals surface area contributed by atoms with E-state index in [1.165, 1.54) is 12.4 Å². The van der Waals surface area contributed by atoms with Crippen molar-refractivity contribution in [2.75, 3.05) is 17.2 Å². The number of hydrogen-bond acceptors (Lipinski definition) is 4. The summed E-state index contributed by atoms with van der Waals surface area (Å²) in [4.78, 5) is 19.6. The smallest absolute Gasteiger partial charge is 0.243 e. The van der Waals surface area contributed by atoms with E-state index in [-0.39, 0.29) is 12.5 Å². The van der Waals surface area contributed by atoms with Gasteiger partial charge in [0.05, 0.1) is 29.6 Å². The largest absolute Gasteiger partial charge is 0.345 e. The van der Waals surface area contributed by atoms with Crippen LogP contribution in [0.3, 0.4) is 0 Å². The van der Waals surface area contributed by atoms with Crippen LogP contribution in [-0.4, -0.2) is 22.4 Å². The summed E-state index contributed by atoms with van der Waals surface area (Å²) in [6.45, 7) is 0.0724. The van der Waals surface area contributed by atoms with Gasteiger partial charge in [0, 0.05) is 4.47 Å². The Hall–Kier alpha value is -1.66. The van der Waals surface area contributed by atoms with Crippen LogP contribution in [0, 0.1) is 0 Å². The van der Waals surface area contributed by atoms with E-state index < -0.39 is 0 Å². The van der Waals surface area contributed by atoms with E-state index in [1.54, 1.807) is 6.07 Å². The normalized spacial score (nSPS) is 10.0. The van der Waals surface area contributed by atoms with Gasteiger partial charge in [0.15, 0.2) is 0 Å². The summed E-state index contributed by atoms with van der Waals surface area (Å²) in [5.41, 5.74) is 0.714. The molecule has 0 bridgehead atoms. The molecule has 0 aliphatic heterocycles. The Morgan fingerprint density at radius 3 is 2.63 bits per heavy atom. The number of halogens is 2. The molecule has 5 nitrogen and oxygen atoms in total. The van der Waals surface area contributed by atoms with Crippen molar-refractivity contribution >= 4 is 45.1 Å². The molecule has 1 heterocycles. The number of benzene rings is 1. The molecule has 1 aromatic carbocycles. The molecule has 0 aliphatic rings. The van der Waals surface area contributed by atoms with Crippen LogP contribution in [0.15, 0.2) is 41.1 Å². The van der Waals surface area contributed by atoms with Crippen LogP contribution in [-0.2, 0) is 4.79 Å². The summed E-state index contributed by atoms with van der Waals surface area (Å²) in [7, 11) is 0. The van der Waals surface area contributed by atoms with Gasteiger partial charge in [0.25, 0.3) is 0 Å². The molecule has 0 saturated heterocycles. The lowest BCUT2D eigenvalue weighted by Crippen LogP contribution is -2.22. The average Bonchev–Trinajstić information content (AvgIpc) is 2.41. The fourth-order valence-electron chi connectivity index (χ4n) is 1.32. The van der Waals surface area contributed by atoms with Crippen LogP contribution in [0.2, 0.25) is 5.02 Å². The highest BCUT2D eigenvalue weighted by atomic mass is 79.9. The molecule has 0 fully saturated rings. The standard InChI is InChI=1S/C12H10BrClN4O/c13-9-3-1-2-4-10(9)18-11(19)7-17-12-15-5-8(14)6-16-12/h1-6H,7H2,(H,18,19)(H,15,16,17). The third-order valence-electron chi connectivity index (χ3n) is 2.18. The van der Waals surface area contributed by atoms with E-state index in [2.05, 4.69) is 36.5 Å². The van der Waals surface area contributed by atoms with Gasteiger partial charge in [-0.25, -0.2) is 9.97 Å². The third kappa shape index (κ3) is 4.18. The lowest BCUT2D eigenvalue weighted by molar-refractivity contribution is -0.114. The minimum Gasteiger partial charge on any atom is -0.345 e. The quantitative estimate of drug-likeness (QED) is 0.897. The molecule has 0 aliphatic carbocycles. The SMILES string of the molecule is O=C(CNc1ncc(Cl)cn1)Nc1ccccc1Br. The molecule has 0 atom stereocenters. The van der Waals surface area contributed by atoms with Gasteiger partial charge in [-0.3, -0.25) is 4.79 Å². The van der Waals surface area contributed by atoms with Gasteiger partial charge in [-0.1, -0.05) is 23.7 Å². The first-order valence-electron chi connectivity index (χ1n) is 5.41. The first kappa shape index (κ1) is 13.8. The van der Waals surface area contributed by atoms with Crippen LogP contribution in [0.4, 0.5) is 11.6 Å². The van der Waals surface area contributed by atoms with Crippen molar-refractivity contribution in [1.82, 2.24) is 9.97 Å². The second-order valence-electron chi connectivity index (χ2n) is 3.61. The molecule has 2 aromatic rings. The average molecular weight is 342 g/mol. The van der Waals surface area contributed by atoms with Gasteiger partial charge >= 0.3 is 0 Å². The van der Waals surface area contributed by atoms with Crippen LogP contribution in [0.5, 0.6) is 0 Å². The number of amides is 1. The zero-order valence-corrected chi connectivity index (χ0v) is 12.1. The third-order valence-corrected chi connectivity index (χ3v) is 3.06. The molecular formula is C12H10BrClN4O. The molecule has 7 heteroatoms. The monoisotopic (exact) mass is 340 g/mol. The molecule has 0 spiro atoms. The van der Waals surface area contributed by atoms with Crippen molar-refractivity contribution in [2.24, 2.45) is 0 Å². The first-order valence-corrected chi connectivity index (χ1v) is 6.58. The fourth-order valence-corrected chi connectivity index (χ4v) is 1.80. The predicted octanol–water partition coefficient (Wildman–Crippen LogP) is 2.94. The van der Waals surface area contributed by atoms with Crippen molar-refractivity contribution < 1.29 is 4.79 Å². The van der Waals surface area contributed by atoms with Crippen molar-refractivity contribution in [3.05, 3.63) is 46.2 Å². The highest BCUT2D eigenvalue weighted by molar-refractivity contribution is 9.10. The minimum absolute atomic E-state index is 0.0724. The number of para-hydroxylation sites is 1. The molecule has 98 valence electrons. The van der Waals surface area contributed by atoms with Crippen LogP contribution in [0.1, 0.15) is 0 Å². The zero-order valence-electron chi connectivity index (χ0n) is 9.73. The lowest BCUT2D eigenvalue weighted by atomic mass is 10.3. The summed E-state index contributed by atoms with van der Waals surface area (Å²) >= 11 is 9.02. The summed E-state index contributed by atoms with van der Waals surface area (Å²) in [6.07, 6.45) is 2.92. The van der Waals surface area contributed by atoms with Gasteiger partial charge in [-0.15, -0.1) is 0 Å². The van der Waals surface area contributed by atoms with Crippen LogP contribution < -0.4 is 10.6 Å². The second-order valence-corrected chi connectivity index (χ2v) is 4.90. The molecule has 1 aromatic heterocycles. The maximum Gasteiger partial charge on any atom is 0.243 e. The van der Waals surface area contributed by atoms with E-state index in [1.807, 2.05) is 18.2 Å². The number of hydrogen-bond donors (Lipinski definition) is 2. The number of anilines is 2. The number of aromatic nitrogens is 2.